The highest BCUT2D eigenvalue weighted by atomic mass is 32.2. The molecule has 1 aliphatic rings. The molecule has 1 saturated heterocycles. The van der Waals surface area contributed by atoms with Crippen LogP contribution in [0.3, 0.4) is 0 Å². The molecule has 0 saturated carbocycles. The SMILES string of the molecule is C[C@@H]1S[C@@H](c2ccc(C(F)(F)F)cc2)N(CC(=O)NCC[NH+](C)C)C1=O. The van der Waals surface area contributed by atoms with Gasteiger partial charge in [-0.25, -0.2) is 0 Å². The van der Waals surface area contributed by atoms with E-state index in [0.29, 0.717) is 12.1 Å². The lowest BCUT2D eigenvalue weighted by molar-refractivity contribution is -0.856. The third-order valence-electron chi connectivity index (χ3n) is 4.03. The van der Waals surface area contributed by atoms with E-state index in [2.05, 4.69) is 5.32 Å². The van der Waals surface area contributed by atoms with E-state index in [4.69, 9.17) is 0 Å². The third-order valence-corrected chi connectivity index (χ3v) is 5.43. The van der Waals surface area contributed by atoms with Crippen molar-refractivity contribution in [3.63, 3.8) is 0 Å². The fourth-order valence-corrected chi connectivity index (χ4v) is 3.87. The minimum atomic E-state index is -4.40. The zero-order valence-electron chi connectivity index (χ0n) is 14.9. The molecule has 144 valence electrons. The number of hydrogen-bond donors (Lipinski definition) is 2. The van der Waals surface area contributed by atoms with E-state index in [1.54, 1.807) is 6.92 Å². The monoisotopic (exact) mass is 390 g/mol. The fraction of sp³-hybridized carbons (Fsp3) is 0.529. The topological polar surface area (TPSA) is 53.9 Å². The quantitative estimate of drug-likeness (QED) is 0.760. The molecule has 0 radical (unpaired) electrons. The second-order valence-electron chi connectivity index (χ2n) is 6.52. The number of alkyl halides is 3. The lowest BCUT2D eigenvalue weighted by Crippen LogP contribution is -3.06. The van der Waals surface area contributed by atoms with Crippen LogP contribution in [0.5, 0.6) is 0 Å². The summed E-state index contributed by atoms with van der Waals surface area (Å²) in [4.78, 5) is 27.1. The highest BCUT2D eigenvalue weighted by Crippen LogP contribution is 2.43. The van der Waals surface area contributed by atoms with Gasteiger partial charge < -0.3 is 15.1 Å². The van der Waals surface area contributed by atoms with Gasteiger partial charge in [0, 0.05) is 0 Å². The maximum atomic E-state index is 12.7. The van der Waals surface area contributed by atoms with Gasteiger partial charge in [-0.3, -0.25) is 9.59 Å². The molecule has 5 nitrogen and oxygen atoms in total. The normalized spacial score (nSPS) is 20.7. The van der Waals surface area contributed by atoms with Crippen molar-refractivity contribution in [1.82, 2.24) is 10.2 Å². The van der Waals surface area contributed by atoms with Gasteiger partial charge in [-0.2, -0.15) is 13.2 Å². The second-order valence-corrected chi connectivity index (χ2v) is 7.95. The van der Waals surface area contributed by atoms with Crippen LogP contribution in [0.2, 0.25) is 0 Å². The summed E-state index contributed by atoms with van der Waals surface area (Å²) in [5.41, 5.74) is -0.162. The standard InChI is InChI=1S/C17H22F3N3O2S/c1-11-15(25)23(10-14(24)21-8-9-22(2)3)16(26-11)12-4-6-13(7-5-12)17(18,19)20/h4-7,11,16H,8-10H2,1-3H3,(H,21,24)/p+1/t11-,16-/m0/s1. The lowest BCUT2D eigenvalue weighted by Gasteiger charge is -2.24. The molecule has 1 aromatic rings. The molecule has 2 amide bonds. The Labute approximate surface area is 154 Å². The molecule has 1 aromatic carbocycles. The molecule has 1 heterocycles. The van der Waals surface area contributed by atoms with Crippen molar-refractivity contribution >= 4 is 23.6 Å². The Balaban J connectivity index is 2.08. The van der Waals surface area contributed by atoms with Crippen molar-refractivity contribution in [2.24, 2.45) is 0 Å². The van der Waals surface area contributed by atoms with Gasteiger partial charge >= 0.3 is 6.18 Å². The van der Waals surface area contributed by atoms with Crippen LogP contribution in [0.15, 0.2) is 24.3 Å². The highest BCUT2D eigenvalue weighted by Gasteiger charge is 2.39. The van der Waals surface area contributed by atoms with Gasteiger partial charge in [-0.05, 0) is 24.6 Å². The number of hydrogen-bond acceptors (Lipinski definition) is 3. The summed E-state index contributed by atoms with van der Waals surface area (Å²) in [6.07, 6.45) is -4.40. The van der Waals surface area contributed by atoms with Gasteiger partial charge in [0.2, 0.25) is 11.8 Å². The number of carbonyl (C=O) groups excluding carboxylic acids is 2. The highest BCUT2D eigenvalue weighted by molar-refractivity contribution is 8.01. The van der Waals surface area contributed by atoms with Crippen molar-refractivity contribution in [2.45, 2.75) is 23.7 Å². The first kappa shape index (κ1) is 20.6. The number of quaternary nitrogens is 1. The molecule has 0 aromatic heterocycles. The smallest absolute Gasteiger partial charge is 0.349 e. The lowest BCUT2D eigenvalue weighted by atomic mass is 10.1. The molecule has 0 bridgehead atoms. The van der Waals surface area contributed by atoms with Gasteiger partial charge in [0.15, 0.2) is 0 Å². The third kappa shape index (κ3) is 5.14. The van der Waals surface area contributed by atoms with Crippen LogP contribution in [0.1, 0.15) is 23.4 Å². The van der Waals surface area contributed by atoms with Crippen molar-refractivity contribution in [2.75, 3.05) is 33.7 Å². The average molecular weight is 390 g/mol. The van der Waals surface area contributed by atoms with Crippen LogP contribution in [0.4, 0.5) is 13.2 Å². The first-order valence-corrected chi connectivity index (χ1v) is 9.22. The molecule has 9 heteroatoms. The Kier molecular flexibility index (Phi) is 6.57. The van der Waals surface area contributed by atoms with E-state index in [0.717, 1.165) is 18.7 Å². The van der Waals surface area contributed by atoms with Crippen molar-refractivity contribution in [1.29, 1.82) is 0 Å². The number of carbonyl (C=O) groups is 2. The Hall–Kier alpha value is -1.74. The predicted octanol–water partition coefficient (Wildman–Crippen LogP) is 0.929. The molecule has 0 unspecified atom stereocenters. The minimum Gasteiger partial charge on any atom is -0.349 e. The molecule has 1 aliphatic heterocycles. The number of benzene rings is 1. The van der Waals surface area contributed by atoms with Gasteiger partial charge in [-0.1, -0.05) is 12.1 Å². The first-order chi connectivity index (χ1) is 12.1. The van der Waals surface area contributed by atoms with Crippen molar-refractivity contribution in [3.8, 4) is 0 Å². The summed E-state index contributed by atoms with van der Waals surface area (Å²) in [5, 5.41) is 1.95. The van der Waals surface area contributed by atoms with Crippen LogP contribution in [0, 0.1) is 0 Å². The van der Waals surface area contributed by atoms with Crippen LogP contribution in [-0.4, -0.2) is 55.7 Å². The zero-order chi connectivity index (χ0) is 19.5. The summed E-state index contributed by atoms with van der Waals surface area (Å²) >= 11 is 1.33. The zero-order valence-corrected chi connectivity index (χ0v) is 15.7. The van der Waals surface area contributed by atoms with E-state index in [1.807, 2.05) is 14.1 Å². The Morgan fingerprint density at radius 3 is 2.42 bits per heavy atom. The maximum absolute atomic E-state index is 12.7. The van der Waals surface area contributed by atoms with Crippen LogP contribution >= 0.6 is 11.8 Å². The Morgan fingerprint density at radius 2 is 1.88 bits per heavy atom. The molecule has 0 aliphatic carbocycles. The largest absolute Gasteiger partial charge is 0.416 e. The average Bonchev–Trinajstić information content (AvgIpc) is 2.82. The van der Waals surface area contributed by atoms with Gasteiger partial charge in [0.25, 0.3) is 0 Å². The van der Waals surface area contributed by atoms with Gasteiger partial charge in [-0.15, -0.1) is 11.8 Å². The number of rotatable bonds is 6. The van der Waals surface area contributed by atoms with Crippen molar-refractivity contribution in [3.05, 3.63) is 35.4 Å². The number of likely N-dealkylation sites (N-methyl/N-ethyl adjacent to an activating group) is 1. The first-order valence-electron chi connectivity index (χ1n) is 8.28. The van der Waals surface area contributed by atoms with E-state index in [9.17, 15) is 22.8 Å². The molecule has 26 heavy (non-hydrogen) atoms. The summed E-state index contributed by atoms with van der Waals surface area (Å²) in [5.74, 6) is -0.459. The maximum Gasteiger partial charge on any atom is 0.416 e. The molecule has 2 N–H and O–H groups in total. The summed E-state index contributed by atoms with van der Waals surface area (Å²) in [7, 11) is 3.93. The van der Waals surface area contributed by atoms with Gasteiger partial charge in [0.05, 0.1) is 38.0 Å². The van der Waals surface area contributed by atoms with E-state index in [1.165, 1.54) is 33.7 Å². The second kappa shape index (κ2) is 8.30. The number of thioether (sulfide) groups is 1. The van der Waals surface area contributed by atoms with Gasteiger partial charge in [0.1, 0.15) is 11.9 Å². The predicted molar refractivity (Wildman–Crippen MR) is 93.6 cm³/mol. The number of amides is 2. The Bertz CT molecular complexity index is 650. The number of halogens is 3. The summed E-state index contributed by atoms with van der Waals surface area (Å²) < 4.78 is 38.2. The van der Waals surface area contributed by atoms with Crippen LogP contribution in [-0.2, 0) is 15.8 Å². The fourth-order valence-electron chi connectivity index (χ4n) is 2.59. The molecular formula is C17H23F3N3O2S+. The molecular weight excluding hydrogens is 367 g/mol. The molecule has 1 fully saturated rings. The summed E-state index contributed by atoms with van der Waals surface area (Å²) in [6, 6.07) is 4.74. The molecule has 2 rings (SSSR count). The number of nitrogens with zero attached hydrogens (tertiary/aromatic N) is 1. The molecule has 2 atom stereocenters. The summed E-state index contributed by atoms with van der Waals surface area (Å²) in [6.45, 7) is 2.88. The molecule has 0 spiro atoms. The Morgan fingerprint density at radius 1 is 1.27 bits per heavy atom. The minimum absolute atomic E-state index is 0.107. The van der Waals surface area contributed by atoms with Crippen molar-refractivity contribution < 1.29 is 27.7 Å². The van der Waals surface area contributed by atoms with Crippen LogP contribution < -0.4 is 10.2 Å². The number of nitrogens with one attached hydrogen (secondary N) is 2. The van der Waals surface area contributed by atoms with E-state index >= 15 is 0 Å². The van der Waals surface area contributed by atoms with Crippen LogP contribution in [0.25, 0.3) is 0 Å². The van der Waals surface area contributed by atoms with E-state index in [-0.39, 0.29) is 23.6 Å². The van der Waals surface area contributed by atoms with E-state index < -0.39 is 17.1 Å².